The van der Waals surface area contributed by atoms with Gasteiger partial charge in [-0.25, -0.2) is 0 Å². The van der Waals surface area contributed by atoms with Crippen molar-refractivity contribution in [2.75, 3.05) is 26.9 Å². The molecule has 1 aliphatic heterocycles. The van der Waals surface area contributed by atoms with E-state index in [1.807, 2.05) is 13.0 Å². The predicted molar refractivity (Wildman–Crippen MR) is 94.7 cm³/mol. The van der Waals surface area contributed by atoms with Crippen molar-refractivity contribution in [2.45, 2.75) is 25.9 Å². The molecule has 1 N–H and O–H groups in total. The summed E-state index contributed by atoms with van der Waals surface area (Å²) >= 11 is 6.19. The Kier molecular flexibility index (Phi) is 7.11. The Morgan fingerprint density at radius 2 is 2.36 bits per heavy atom. The minimum absolute atomic E-state index is 0.0123. The van der Waals surface area contributed by atoms with Crippen LogP contribution in [0.1, 0.15) is 25.3 Å². The lowest BCUT2D eigenvalue weighted by Crippen LogP contribution is -2.32. The summed E-state index contributed by atoms with van der Waals surface area (Å²) < 4.78 is 16.2. The number of methoxy groups -OCH3 is 1. The quantitative estimate of drug-likeness (QED) is 0.594. The third kappa shape index (κ3) is 5.12. The molecule has 134 valence electrons. The molecule has 1 aliphatic rings. The molecule has 6 nitrogen and oxygen atoms in total. The number of halogens is 1. The molecule has 25 heavy (non-hydrogen) atoms. The second-order valence-corrected chi connectivity index (χ2v) is 5.89. The standard InChI is InChI=1S/C18H21ClN2O4/c1-3-24-16-9-12(8-15(19)17(16)23-2)7-13(10-20)18(22)21-11-14-5-4-6-25-14/h7-9,14H,3-6,11H2,1-2H3,(H,21,22)/b13-7+. The number of benzene rings is 1. The number of nitriles is 1. The van der Waals surface area contributed by atoms with Crippen LogP contribution in [0.4, 0.5) is 0 Å². The average Bonchev–Trinajstić information content (AvgIpc) is 3.11. The molecule has 1 amide bonds. The monoisotopic (exact) mass is 364 g/mol. The van der Waals surface area contributed by atoms with Crippen LogP contribution in [-0.4, -0.2) is 38.9 Å². The highest BCUT2D eigenvalue weighted by atomic mass is 35.5. The Morgan fingerprint density at radius 1 is 1.56 bits per heavy atom. The van der Waals surface area contributed by atoms with Gasteiger partial charge in [-0.05, 0) is 43.5 Å². The summed E-state index contributed by atoms with van der Waals surface area (Å²) in [7, 11) is 1.50. The van der Waals surface area contributed by atoms with Crippen LogP contribution in [0.2, 0.25) is 5.02 Å². The van der Waals surface area contributed by atoms with E-state index in [9.17, 15) is 10.1 Å². The first-order valence-electron chi connectivity index (χ1n) is 8.11. The first-order valence-corrected chi connectivity index (χ1v) is 8.48. The van der Waals surface area contributed by atoms with Gasteiger partial charge in [0.2, 0.25) is 0 Å². The Morgan fingerprint density at radius 3 is 2.96 bits per heavy atom. The molecule has 1 fully saturated rings. The van der Waals surface area contributed by atoms with Crippen LogP contribution >= 0.6 is 11.6 Å². The molecule has 0 radical (unpaired) electrons. The Hall–Kier alpha value is -2.23. The van der Waals surface area contributed by atoms with Gasteiger partial charge in [0, 0.05) is 13.2 Å². The van der Waals surface area contributed by atoms with Gasteiger partial charge in [0.15, 0.2) is 11.5 Å². The van der Waals surface area contributed by atoms with Gasteiger partial charge < -0.3 is 19.5 Å². The Balaban J connectivity index is 2.17. The smallest absolute Gasteiger partial charge is 0.262 e. The van der Waals surface area contributed by atoms with Crippen molar-refractivity contribution in [3.8, 4) is 17.6 Å². The summed E-state index contributed by atoms with van der Waals surface area (Å²) in [6, 6.07) is 5.22. The van der Waals surface area contributed by atoms with Gasteiger partial charge in [0.1, 0.15) is 11.6 Å². The minimum atomic E-state index is -0.442. The van der Waals surface area contributed by atoms with Crippen molar-refractivity contribution >= 4 is 23.6 Å². The van der Waals surface area contributed by atoms with E-state index < -0.39 is 5.91 Å². The van der Waals surface area contributed by atoms with E-state index >= 15 is 0 Å². The SMILES string of the molecule is CCOc1cc(/C=C(\C#N)C(=O)NCC2CCCO2)cc(Cl)c1OC. The van der Waals surface area contributed by atoms with Crippen molar-refractivity contribution in [3.05, 3.63) is 28.3 Å². The molecular formula is C18H21ClN2O4. The zero-order valence-electron chi connectivity index (χ0n) is 14.3. The van der Waals surface area contributed by atoms with Crippen molar-refractivity contribution in [3.63, 3.8) is 0 Å². The topological polar surface area (TPSA) is 80.6 Å². The molecule has 0 bridgehead atoms. The summed E-state index contributed by atoms with van der Waals surface area (Å²) in [6.45, 7) is 3.39. The number of rotatable bonds is 7. The van der Waals surface area contributed by atoms with E-state index in [2.05, 4.69) is 5.32 Å². The number of hydrogen-bond donors (Lipinski definition) is 1. The highest BCUT2D eigenvalue weighted by Crippen LogP contribution is 2.36. The predicted octanol–water partition coefficient (Wildman–Crippen LogP) is 2.95. The molecule has 2 rings (SSSR count). The molecule has 0 aliphatic carbocycles. The van der Waals surface area contributed by atoms with Gasteiger partial charge in [-0.2, -0.15) is 5.26 Å². The number of ether oxygens (including phenoxy) is 3. The molecular weight excluding hydrogens is 344 g/mol. The first kappa shape index (κ1) is 19.1. The second-order valence-electron chi connectivity index (χ2n) is 5.48. The third-order valence-electron chi connectivity index (χ3n) is 3.73. The lowest BCUT2D eigenvalue weighted by molar-refractivity contribution is -0.117. The third-order valence-corrected chi connectivity index (χ3v) is 4.01. The number of nitrogens with one attached hydrogen (secondary N) is 1. The zero-order chi connectivity index (χ0) is 18.2. The molecule has 1 saturated heterocycles. The minimum Gasteiger partial charge on any atom is -0.491 e. The molecule has 1 aromatic rings. The molecule has 0 saturated carbocycles. The number of carbonyl (C=O) groups excluding carboxylic acids is 1. The summed E-state index contributed by atoms with van der Waals surface area (Å²) in [5.41, 5.74) is 0.569. The van der Waals surface area contributed by atoms with Crippen LogP contribution in [0.3, 0.4) is 0 Å². The molecule has 0 aromatic heterocycles. The highest BCUT2D eigenvalue weighted by molar-refractivity contribution is 6.32. The number of carbonyl (C=O) groups is 1. The number of nitrogens with zero attached hydrogens (tertiary/aromatic N) is 1. The van der Waals surface area contributed by atoms with E-state index in [0.29, 0.717) is 41.8 Å². The lowest BCUT2D eigenvalue weighted by atomic mass is 10.1. The average molecular weight is 365 g/mol. The van der Waals surface area contributed by atoms with Crippen LogP contribution in [0.15, 0.2) is 17.7 Å². The van der Waals surface area contributed by atoms with E-state index in [-0.39, 0.29) is 11.7 Å². The van der Waals surface area contributed by atoms with E-state index in [1.54, 1.807) is 12.1 Å². The van der Waals surface area contributed by atoms with Gasteiger partial charge in [0.25, 0.3) is 5.91 Å². The van der Waals surface area contributed by atoms with Crippen LogP contribution in [0.5, 0.6) is 11.5 Å². The highest BCUT2D eigenvalue weighted by Gasteiger charge is 2.18. The number of hydrogen-bond acceptors (Lipinski definition) is 5. The first-order chi connectivity index (χ1) is 12.1. The molecule has 0 spiro atoms. The molecule has 1 unspecified atom stereocenters. The van der Waals surface area contributed by atoms with E-state index in [4.69, 9.17) is 25.8 Å². The maximum atomic E-state index is 12.2. The van der Waals surface area contributed by atoms with Crippen LogP contribution in [-0.2, 0) is 9.53 Å². The maximum Gasteiger partial charge on any atom is 0.262 e. The normalized spacial score (nSPS) is 17.0. The maximum absolute atomic E-state index is 12.2. The van der Waals surface area contributed by atoms with Gasteiger partial charge >= 0.3 is 0 Å². The van der Waals surface area contributed by atoms with E-state index in [1.165, 1.54) is 13.2 Å². The van der Waals surface area contributed by atoms with Crippen molar-refractivity contribution in [2.24, 2.45) is 0 Å². The number of amides is 1. The van der Waals surface area contributed by atoms with Gasteiger partial charge in [0.05, 0.1) is 24.8 Å². The second kappa shape index (κ2) is 9.30. The van der Waals surface area contributed by atoms with Gasteiger partial charge in [-0.1, -0.05) is 11.6 Å². The summed E-state index contributed by atoms with van der Waals surface area (Å²) in [6.07, 6.45) is 3.39. The fourth-order valence-corrected chi connectivity index (χ4v) is 2.85. The van der Waals surface area contributed by atoms with Crippen LogP contribution in [0.25, 0.3) is 6.08 Å². The largest absolute Gasteiger partial charge is 0.491 e. The molecule has 1 heterocycles. The molecule has 7 heteroatoms. The summed E-state index contributed by atoms with van der Waals surface area (Å²) in [5, 5.41) is 12.4. The van der Waals surface area contributed by atoms with Crippen LogP contribution < -0.4 is 14.8 Å². The zero-order valence-corrected chi connectivity index (χ0v) is 15.1. The fraction of sp³-hybridized carbons (Fsp3) is 0.444. The summed E-state index contributed by atoms with van der Waals surface area (Å²) in [4.78, 5) is 12.2. The van der Waals surface area contributed by atoms with Crippen molar-refractivity contribution < 1.29 is 19.0 Å². The summed E-state index contributed by atoms with van der Waals surface area (Å²) in [5.74, 6) is 0.436. The Bertz CT molecular complexity index is 691. The Labute approximate surface area is 152 Å². The molecule has 1 atom stereocenters. The fourth-order valence-electron chi connectivity index (χ4n) is 2.55. The van der Waals surface area contributed by atoms with Crippen molar-refractivity contribution in [1.29, 1.82) is 5.26 Å². The van der Waals surface area contributed by atoms with Crippen LogP contribution in [0, 0.1) is 11.3 Å². The van der Waals surface area contributed by atoms with E-state index in [0.717, 1.165) is 12.8 Å². The van der Waals surface area contributed by atoms with Gasteiger partial charge in [-0.15, -0.1) is 0 Å². The van der Waals surface area contributed by atoms with Gasteiger partial charge in [-0.3, -0.25) is 4.79 Å². The lowest BCUT2D eigenvalue weighted by Gasteiger charge is -2.12. The molecule has 1 aromatic carbocycles. The van der Waals surface area contributed by atoms with Crippen molar-refractivity contribution in [1.82, 2.24) is 5.32 Å².